The molecule has 1 aliphatic rings. The van der Waals surface area contributed by atoms with E-state index in [1.165, 1.54) is 0 Å². The van der Waals surface area contributed by atoms with Crippen LogP contribution in [0.5, 0.6) is 11.5 Å². The van der Waals surface area contributed by atoms with Crippen molar-refractivity contribution in [2.24, 2.45) is 0 Å². The molecule has 2 aromatic carbocycles. The molecule has 31 heavy (non-hydrogen) atoms. The highest BCUT2D eigenvalue weighted by Gasteiger charge is 2.27. The van der Waals surface area contributed by atoms with Crippen LogP contribution in [-0.2, 0) is 24.2 Å². The van der Waals surface area contributed by atoms with Gasteiger partial charge in [-0.1, -0.05) is 12.1 Å². The fraction of sp³-hybridized carbons (Fsp3) is 0.360. The summed E-state index contributed by atoms with van der Waals surface area (Å²) < 4.78 is 16.8. The van der Waals surface area contributed by atoms with E-state index >= 15 is 0 Å². The van der Waals surface area contributed by atoms with E-state index in [1.807, 2.05) is 37.3 Å². The molecule has 4 rings (SSSR count). The van der Waals surface area contributed by atoms with Gasteiger partial charge in [0.2, 0.25) is 5.91 Å². The number of hydrogen-bond acceptors (Lipinski definition) is 5. The second-order valence-electron chi connectivity index (χ2n) is 8.62. The van der Waals surface area contributed by atoms with Crippen molar-refractivity contribution in [3.63, 3.8) is 0 Å². The van der Waals surface area contributed by atoms with Crippen molar-refractivity contribution in [1.29, 1.82) is 0 Å². The lowest BCUT2D eigenvalue weighted by molar-refractivity contribution is -0.120. The number of hydrogen-bond donors (Lipinski definition) is 1. The number of carbonyl (C=O) groups excluding carboxylic acids is 1. The van der Waals surface area contributed by atoms with Gasteiger partial charge in [0, 0.05) is 18.0 Å². The minimum atomic E-state index is -0.489. The average molecular weight is 421 g/mol. The van der Waals surface area contributed by atoms with Crippen molar-refractivity contribution in [2.75, 3.05) is 7.11 Å². The summed E-state index contributed by atoms with van der Waals surface area (Å²) in [6.07, 6.45) is 1.78. The lowest BCUT2D eigenvalue weighted by Crippen LogP contribution is -2.32. The molecule has 0 spiro atoms. The van der Waals surface area contributed by atoms with Crippen LogP contribution in [0.15, 0.2) is 45.6 Å². The van der Waals surface area contributed by atoms with E-state index in [-0.39, 0.29) is 17.9 Å². The average Bonchev–Trinajstić information content (AvgIpc) is 2.73. The first-order valence-electron chi connectivity index (χ1n) is 10.4. The molecule has 1 N–H and O–H groups in total. The first kappa shape index (κ1) is 21.0. The first-order chi connectivity index (χ1) is 14.8. The smallest absolute Gasteiger partial charge is 0.340 e. The van der Waals surface area contributed by atoms with Gasteiger partial charge in [-0.3, -0.25) is 4.79 Å². The Hall–Kier alpha value is -3.28. The number of nitrogens with one attached hydrogen (secondary N) is 1. The summed E-state index contributed by atoms with van der Waals surface area (Å²) >= 11 is 0. The first-order valence-corrected chi connectivity index (χ1v) is 10.4. The summed E-state index contributed by atoms with van der Waals surface area (Å²) in [5.74, 6) is 1.25. The summed E-state index contributed by atoms with van der Waals surface area (Å²) in [5, 5.41) is 3.71. The molecule has 2 heterocycles. The van der Waals surface area contributed by atoms with Gasteiger partial charge in [0.15, 0.2) is 0 Å². The number of ether oxygens (including phenoxy) is 2. The van der Waals surface area contributed by atoms with Crippen LogP contribution in [-0.4, -0.2) is 18.6 Å². The maximum Gasteiger partial charge on any atom is 0.340 e. The maximum absolute atomic E-state index is 12.6. The second kappa shape index (κ2) is 8.10. The molecule has 0 saturated heterocycles. The molecule has 0 unspecified atom stereocenters. The molecule has 0 bridgehead atoms. The minimum Gasteiger partial charge on any atom is -0.497 e. The zero-order chi connectivity index (χ0) is 22.2. The van der Waals surface area contributed by atoms with Gasteiger partial charge in [0.1, 0.15) is 22.7 Å². The van der Waals surface area contributed by atoms with Crippen molar-refractivity contribution in [1.82, 2.24) is 5.32 Å². The van der Waals surface area contributed by atoms with E-state index in [4.69, 9.17) is 13.9 Å². The predicted molar refractivity (Wildman–Crippen MR) is 119 cm³/mol. The van der Waals surface area contributed by atoms with Crippen LogP contribution in [0.3, 0.4) is 0 Å². The summed E-state index contributed by atoms with van der Waals surface area (Å²) in [6, 6.07) is 11.3. The predicted octanol–water partition coefficient (Wildman–Crippen LogP) is 4.07. The van der Waals surface area contributed by atoms with Gasteiger partial charge in [0.25, 0.3) is 0 Å². The van der Waals surface area contributed by atoms with Crippen LogP contribution in [0.2, 0.25) is 0 Å². The van der Waals surface area contributed by atoms with Crippen LogP contribution in [0.1, 0.15) is 42.5 Å². The van der Waals surface area contributed by atoms with Gasteiger partial charge < -0.3 is 19.2 Å². The molecule has 0 atom stereocenters. The van der Waals surface area contributed by atoms with E-state index in [1.54, 1.807) is 13.2 Å². The molecule has 162 valence electrons. The number of rotatable bonds is 5. The Labute approximate surface area is 181 Å². The lowest BCUT2D eigenvalue weighted by atomic mass is 9.92. The van der Waals surface area contributed by atoms with E-state index in [0.29, 0.717) is 17.7 Å². The molecule has 1 amide bonds. The normalized spacial score (nSPS) is 14.6. The van der Waals surface area contributed by atoms with E-state index < -0.39 is 5.63 Å². The highest BCUT2D eigenvalue weighted by Crippen LogP contribution is 2.36. The van der Waals surface area contributed by atoms with Crippen molar-refractivity contribution in [3.8, 4) is 11.5 Å². The molecule has 1 aliphatic heterocycles. The highest BCUT2D eigenvalue weighted by atomic mass is 16.5. The molecule has 1 aromatic heterocycles. The van der Waals surface area contributed by atoms with E-state index in [9.17, 15) is 9.59 Å². The van der Waals surface area contributed by atoms with Crippen LogP contribution < -0.4 is 20.4 Å². The number of methoxy groups -OCH3 is 1. The van der Waals surface area contributed by atoms with Crippen molar-refractivity contribution < 1.29 is 18.7 Å². The molecule has 0 aliphatic carbocycles. The zero-order valence-electron chi connectivity index (χ0n) is 18.3. The number of amides is 1. The summed E-state index contributed by atoms with van der Waals surface area (Å²) in [4.78, 5) is 25.2. The molecular weight excluding hydrogens is 394 g/mol. The number of fused-ring (bicyclic) bond motifs is 2. The molecule has 0 radical (unpaired) electrons. The van der Waals surface area contributed by atoms with Gasteiger partial charge in [-0.2, -0.15) is 0 Å². The van der Waals surface area contributed by atoms with Gasteiger partial charge in [-0.25, -0.2) is 4.79 Å². The van der Waals surface area contributed by atoms with Crippen molar-refractivity contribution in [2.45, 2.75) is 52.2 Å². The molecule has 0 fully saturated rings. The third-order valence-electron chi connectivity index (χ3n) is 5.81. The molecule has 6 heteroatoms. The summed E-state index contributed by atoms with van der Waals surface area (Å²) in [6.45, 7) is 6.32. The van der Waals surface area contributed by atoms with Gasteiger partial charge in [-0.05, 0) is 68.5 Å². The zero-order valence-corrected chi connectivity index (χ0v) is 18.3. The number of benzene rings is 2. The van der Waals surface area contributed by atoms with E-state index in [0.717, 1.165) is 46.4 Å². The Morgan fingerprint density at radius 1 is 1.23 bits per heavy atom. The molecular formula is C25H27NO5. The third kappa shape index (κ3) is 4.43. The topological polar surface area (TPSA) is 77.8 Å². The Bertz CT molecular complexity index is 1210. The fourth-order valence-electron chi connectivity index (χ4n) is 3.95. The van der Waals surface area contributed by atoms with Crippen molar-refractivity contribution >= 4 is 16.9 Å². The lowest BCUT2D eigenvalue weighted by Gasteiger charge is -2.32. The maximum atomic E-state index is 12.6. The number of aryl methyl sites for hydroxylation is 2. The van der Waals surface area contributed by atoms with Crippen LogP contribution in [0, 0.1) is 6.92 Å². The van der Waals surface area contributed by atoms with Gasteiger partial charge in [-0.15, -0.1) is 0 Å². The second-order valence-corrected chi connectivity index (χ2v) is 8.62. The SMILES string of the molecule is COc1cccc(CNC(=O)Cc2c(C)c3cc4c(cc3oc2=O)OC(C)(C)CC4)c1. The standard InChI is InChI=1S/C25H27NO5/c1-15-19-11-17-8-9-25(2,3)31-21(17)13-22(19)30-24(28)20(15)12-23(27)26-14-16-6-5-7-18(10-16)29-4/h5-7,10-11,13H,8-9,12,14H2,1-4H3,(H,26,27). The van der Waals surface area contributed by atoms with Crippen LogP contribution in [0.25, 0.3) is 11.0 Å². The summed E-state index contributed by atoms with van der Waals surface area (Å²) in [7, 11) is 1.60. The molecule has 6 nitrogen and oxygen atoms in total. The Balaban J connectivity index is 1.56. The van der Waals surface area contributed by atoms with Crippen LogP contribution in [0.4, 0.5) is 0 Å². The highest BCUT2D eigenvalue weighted by molar-refractivity contribution is 5.86. The minimum absolute atomic E-state index is 0.0330. The Morgan fingerprint density at radius 3 is 2.81 bits per heavy atom. The van der Waals surface area contributed by atoms with E-state index in [2.05, 4.69) is 19.2 Å². The third-order valence-corrected chi connectivity index (χ3v) is 5.81. The number of carbonyl (C=O) groups is 1. The van der Waals surface area contributed by atoms with Gasteiger partial charge in [0.05, 0.1) is 19.1 Å². The molecule has 3 aromatic rings. The largest absolute Gasteiger partial charge is 0.497 e. The molecule has 0 saturated carbocycles. The monoisotopic (exact) mass is 421 g/mol. The quantitative estimate of drug-likeness (QED) is 0.629. The fourth-order valence-corrected chi connectivity index (χ4v) is 3.95. The summed E-state index contributed by atoms with van der Waals surface area (Å²) in [5.41, 5.74) is 2.93. The van der Waals surface area contributed by atoms with Crippen molar-refractivity contribution in [3.05, 3.63) is 69.1 Å². The van der Waals surface area contributed by atoms with Crippen LogP contribution >= 0.6 is 0 Å². The Morgan fingerprint density at radius 2 is 2.03 bits per heavy atom. The Kier molecular flexibility index (Phi) is 5.48. The van der Waals surface area contributed by atoms with Gasteiger partial charge >= 0.3 is 5.63 Å².